The predicted octanol–water partition coefficient (Wildman–Crippen LogP) is 3.03. The van der Waals surface area contributed by atoms with Gasteiger partial charge in [-0.1, -0.05) is 23.7 Å². The van der Waals surface area contributed by atoms with Crippen LogP contribution < -0.4 is 19.7 Å². The topological polar surface area (TPSA) is 67.9 Å². The molecule has 1 unspecified atom stereocenters. The second-order valence-electron chi connectivity index (χ2n) is 6.29. The van der Waals surface area contributed by atoms with Gasteiger partial charge in [0.05, 0.1) is 25.8 Å². The first-order valence-corrected chi connectivity index (χ1v) is 8.94. The summed E-state index contributed by atoms with van der Waals surface area (Å²) in [6.45, 7) is 0.692. The minimum atomic E-state index is -0.416. The number of methoxy groups -OCH3 is 2. The Hall–Kier alpha value is -2.73. The lowest BCUT2D eigenvalue weighted by atomic mass is 10.1. The second-order valence-corrected chi connectivity index (χ2v) is 6.72. The van der Waals surface area contributed by atoms with Crippen molar-refractivity contribution in [3.05, 3.63) is 53.1 Å². The van der Waals surface area contributed by atoms with Crippen LogP contribution in [0, 0.1) is 5.92 Å². The number of nitrogens with zero attached hydrogens (tertiary/aromatic N) is 1. The van der Waals surface area contributed by atoms with E-state index in [9.17, 15) is 9.59 Å². The van der Waals surface area contributed by atoms with Gasteiger partial charge in [-0.3, -0.25) is 9.59 Å². The van der Waals surface area contributed by atoms with Crippen LogP contribution in [0.25, 0.3) is 0 Å². The first kappa shape index (κ1) is 19.0. The number of amides is 2. The lowest BCUT2D eigenvalue weighted by Gasteiger charge is -2.20. The normalized spacial score (nSPS) is 16.3. The summed E-state index contributed by atoms with van der Waals surface area (Å²) >= 11 is 5.87. The molecule has 0 radical (unpaired) electrons. The molecule has 2 aromatic carbocycles. The van der Waals surface area contributed by atoms with Gasteiger partial charge in [0.1, 0.15) is 11.5 Å². The largest absolute Gasteiger partial charge is 0.497 e. The molecule has 7 heteroatoms. The Morgan fingerprint density at radius 1 is 1.19 bits per heavy atom. The molecule has 0 aromatic heterocycles. The Kier molecular flexibility index (Phi) is 5.86. The van der Waals surface area contributed by atoms with Crippen LogP contribution in [0.15, 0.2) is 42.5 Å². The Balaban J connectivity index is 1.68. The zero-order valence-electron chi connectivity index (χ0n) is 15.2. The summed E-state index contributed by atoms with van der Waals surface area (Å²) < 4.78 is 10.6. The lowest BCUT2D eigenvalue weighted by Crippen LogP contribution is -2.32. The third kappa shape index (κ3) is 4.34. The number of benzene rings is 2. The second kappa shape index (κ2) is 8.31. The fourth-order valence-electron chi connectivity index (χ4n) is 3.06. The van der Waals surface area contributed by atoms with Crippen LogP contribution in [0.5, 0.6) is 11.5 Å². The maximum Gasteiger partial charge on any atom is 0.227 e. The van der Waals surface area contributed by atoms with Gasteiger partial charge in [-0.15, -0.1) is 0 Å². The summed E-state index contributed by atoms with van der Waals surface area (Å²) in [5.74, 6) is 0.497. The maximum atomic E-state index is 12.5. The van der Waals surface area contributed by atoms with E-state index in [1.165, 1.54) is 0 Å². The smallest absolute Gasteiger partial charge is 0.227 e. The van der Waals surface area contributed by atoms with E-state index in [1.807, 2.05) is 12.1 Å². The zero-order valence-corrected chi connectivity index (χ0v) is 16.0. The van der Waals surface area contributed by atoms with Gasteiger partial charge in [-0.05, 0) is 29.8 Å². The van der Waals surface area contributed by atoms with E-state index in [0.717, 1.165) is 5.56 Å². The van der Waals surface area contributed by atoms with E-state index in [1.54, 1.807) is 49.5 Å². The lowest BCUT2D eigenvalue weighted by molar-refractivity contribution is -0.126. The Bertz CT molecular complexity index is 838. The summed E-state index contributed by atoms with van der Waals surface area (Å²) in [6.07, 6.45) is 0.160. The first-order chi connectivity index (χ1) is 13.0. The molecule has 1 aliphatic rings. The number of nitrogens with one attached hydrogen (secondary N) is 1. The van der Waals surface area contributed by atoms with Crippen LogP contribution in [0.2, 0.25) is 5.02 Å². The molecule has 1 aliphatic heterocycles. The molecule has 6 nitrogen and oxygen atoms in total. The van der Waals surface area contributed by atoms with Crippen molar-refractivity contribution in [2.45, 2.75) is 13.0 Å². The molecule has 2 aromatic rings. The highest BCUT2D eigenvalue weighted by atomic mass is 35.5. The van der Waals surface area contributed by atoms with Crippen LogP contribution in [-0.2, 0) is 16.1 Å². The molecule has 1 atom stereocenters. The fraction of sp³-hybridized carbons (Fsp3) is 0.300. The van der Waals surface area contributed by atoms with Crippen LogP contribution >= 0.6 is 11.6 Å². The molecule has 3 rings (SSSR count). The van der Waals surface area contributed by atoms with Crippen LogP contribution in [0.3, 0.4) is 0 Å². The van der Waals surface area contributed by atoms with Crippen molar-refractivity contribution in [3.63, 3.8) is 0 Å². The standard InChI is InChI=1S/C20H21ClN2O4/c1-26-16-7-8-18(27-2)17(10-16)23-12-14(9-19(23)24)20(25)22-11-13-3-5-15(21)6-4-13/h3-8,10,14H,9,11-12H2,1-2H3,(H,22,25). The maximum absolute atomic E-state index is 12.5. The predicted molar refractivity (Wildman–Crippen MR) is 103 cm³/mol. The Labute approximate surface area is 163 Å². The first-order valence-electron chi connectivity index (χ1n) is 8.56. The Morgan fingerprint density at radius 3 is 2.59 bits per heavy atom. The Morgan fingerprint density at radius 2 is 1.93 bits per heavy atom. The van der Waals surface area contributed by atoms with Gasteiger partial charge in [-0.25, -0.2) is 0 Å². The highest BCUT2D eigenvalue weighted by molar-refractivity contribution is 6.30. The van der Waals surface area contributed by atoms with Crippen molar-refractivity contribution in [2.24, 2.45) is 5.92 Å². The molecule has 142 valence electrons. The summed E-state index contributed by atoms with van der Waals surface area (Å²) in [5, 5.41) is 3.53. The molecule has 1 fully saturated rings. The van der Waals surface area contributed by atoms with Crippen molar-refractivity contribution in [3.8, 4) is 11.5 Å². The highest BCUT2D eigenvalue weighted by Gasteiger charge is 2.36. The third-order valence-electron chi connectivity index (χ3n) is 4.55. The van der Waals surface area contributed by atoms with Crippen molar-refractivity contribution in [1.82, 2.24) is 5.32 Å². The molecule has 1 saturated heterocycles. The molecule has 1 N–H and O–H groups in total. The summed E-state index contributed by atoms with van der Waals surface area (Å²) in [7, 11) is 3.10. The van der Waals surface area contributed by atoms with Gasteiger partial charge in [0.15, 0.2) is 0 Å². The van der Waals surface area contributed by atoms with Crippen molar-refractivity contribution in [1.29, 1.82) is 0 Å². The molecular weight excluding hydrogens is 368 g/mol. The minimum absolute atomic E-state index is 0.117. The van der Waals surface area contributed by atoms with Crippen LogP contribution in [-0.4, -0.2) is 32.6 Å². The van der Waals surface area contributed by atoms with E-state index in [2.05, 4.69) is 5.32 Å². The number of carbonyl (C=O) groups is 2. The van der Waals surface area contributed by atoms with Gasteiger partial charge in [-0.2, -0.15) is 0 Å². The average Bonchev–Trinajstić information content (AvgIpc) is 3.08. The fourth-order valence-corrected chi connectivity index (χ4v) is 3.19. The van der Waals surface area contributed by atoms with E-state index >= 15 is 0 Å². The van der Waals surface area contributed by atoms with E-state index in [-0.39, 0.29) is 18.2 Å². The SMILES string of the molecule is COc1ccc(OC)c(N2CC(C(=O)NCc3ccc(Cl)cc3)CC2=O)c1. The number of hydrogen-bond acceptors (Lipinski definition) is 4. The van der Waals surface area contributed by atoms with Crippen molar-refractivity contribution < 1.29 is 19.1 Å². The third-order valence-corrected chi connectivity index (χ3v) is 4.80. The molecule has 2 amide bonds. The molecule has 0 bridgehead atoms. The average molecular weight is 389 g/mol. The molecule has 1 heterocycles. The zero-order chi connectivity index (χ0) is 19.4. The molecule has 27 heavy (non-hydrogen) atoms. The van der Waals surface area contributed by atoms with Crippen molar-refractivity contribution >= 4 is 29.1 Å². The summed E-state index contributed by atoms with van der Waals surface area (Å²) in [5.41, 5.74) is 1.55. The molecule has 0 saturated carbocycles. The van der Waals surface area contributed by atoms with Crippen LogP contribution in [0.1, 0.15) is 12.0 Å². The summed E-state index contributed by atoms with van der Waals surface area (Å²) in [4.78, 5) is 26.6. The number of ether oxygens (including phenoxy) is 2. The minimum Gasteiger partial charge on any atom is -0.497 e. The van der Waals surface area contributed by atoms with E-state index < -0.39 is 5.92 Å². The quantitative estimate of drug-likeness (QED) is 0.826. The number of rotatable bonds is 6. The highest BCUT2D eigenvalue weighted by Crippen LogP contribution is 2.36. The monoisotopic (exact) mass is 388 g/mol. The molecule has 0 spiro atoms. The molecular formula is C20H21ClN2O4. The molecule has 0 aliphatic carbocycles. The van der Waals surface area contributed by atoms with E-state index in [0.29, 0.717) is 35.3 Å². The number of halogens is 1. The van der Waals surface area contributed by atoms with Gasteiger partial charge in [0.2, 0.25) is 11.8 Å². The number of hydrogen-bond donors (Lipinski definition) is 1. The van der Waals surface area contributed by atoms with Crippen LogP contribution in [0.4, 0.5) is 5.69 Å². The van der Waals surface area contributed by atoms with Gasteiger partial charge in [0, 0.05) is 30.6 Å². The van der Waals surface area contributed by atoms with Gasteiger partial charge >= 0.3 is 0 Å². The van der Waals surface area contributed by atoms with Crippen molar-refractivity contribution in [2.75, 3.05) is 25.7 Å². The van der Waals surface area contributed by atoms with Gasteiger partial charge < -0.3 is 19.7 Å². The number of anilines is 1. The summed E-state index contributed by atoms with van der Waals surface area (Å²) in [6, 6.07) is 12.5. The van der Waals surface area contributed by atoms with E-state index in [4.69, 9.17) is 21.1 Å². The number of carbonyl (C=O) groups excluding carboxylic acids is 2. The van der Waals surface area contributed by atoms with Gasteiger partial charge in [0.25, 0.3) is 0 Å².